The molecule has 0 fully saturated rings. The van der Waals surface area contributed by atoms with Crippen LogP contribution >= 0.6 is 30.3 Å². The fourth-order valence-corrected chi connectivity index (χ4v) is 3.73. The second-order valence-corrected chi connectivity index (χ2v) is 6.55. The number of nitrogens with two attached hydrogens (primary N) is 1. The number of aromatic nitrogens is 3. The van der Waals surface area contributed by atoms with E-state index in [2.05, 4.69) is 26.2 Å². The van der Waals surface area contributed by atoms with Crippen molar-refractivity contribution in [3.8, 4) is 11.3 Å². The average molecular weight is 412 g/mol. The number of nitrogens with zero attached hydrogens (tertiary/aromatic N) is 3. The van der Waals surface area contributed by atoms with Crippen LogP contribution in [0.4, 0.5) is 5.82 Å². The minimum absolute atomic E-state index is 0.0236. The van der Waals surface area contributed by atoms with E-state index in [1.807, 2.05) is 35.4 Å². The first-order valence-electron chi connectivity index (χ1n) is 6.26. The van der Waals surface area contributed by atoms with E-state index in [4.69, 9.17) is 5.73 Å². The normalized spacial score (nSPS) is 11.2. The topological polar surface area (TPSA) is 65.8 Å². The molecular formula is C14H13IN4OS. The highest BCUT2D eigenvalue weighted by Crippen LogP contribution is 2.31. The fourth-order valence-electron chi connectivity index (χ4n) is 2.39. The Labute approximate surface area is 137 Å². The van der Waals surface area contributed by atoms with Crippen molar-refractivity contribution in [3.05, 3.63) is 46.5 Å². The van der Waals surface area contributed by atoms with Gasteiger partial charge in [-0.1, -0.05) is 6.07 Å². The van der Waals surface area contributed by atoms with Crippen LogP contribution in [0.2, 0.25) is 0 Å². The molecule has 0 radical (unpaired) electrons. The molecule has 21 heavy (non-hydrogen) atoms. The van der Waals surface area contributed by atoms with Crippen molar-refractivity contribution < 1.29 is 0 Å². The van der Waals surface area contributed by atoms with E-state index in [1.54, 1.807) is 17.7 Å². The molecule has 2 N–H and O–H groups in total. The molecule has 0 aliphatic heterocycles. The van der Waals surface area contributed by atoms with Gasteiger partial charge in [0.05, 0.1) is 5.69 Å². The summed E-state index contributed by atoms with van der Waals surface area (Å²) in [5.41, 5.74) is 9.22. The smallest absolute Gasteiger partial charge is 0.275 e. The zero-order chi connectivity index (χ0) is 15.1. The summed E-state index contributed by atoms with van der Waals surface area (Å²) >= 11 is 2.16. The number of nitrogen functional groups attached to an aromatic ring is 1. The number of hydrogen-bond acceptors (Lipinski definition) is 4. The molecule has 0 spiro atoms. The first-order valence-corrected chi connectivity index (χ1v) is 9.58. The molecule has 0 amide bonds. The molecule has 3 rings (SSSR count). The van der Waals surface area contributed by atoms with Crippen LogP contribution in [0.3, 0.4) is 0 Å². The number of aryl methyl sites for hydroxylation is 2. The third-order valence-corrected chi connectivity index (χ3v) is 5.16. The van der Waals surface area contributed by atoms with E-state index in [9.17, 15) is 4.79 Å². The molecule has 0 saturated heterocycles. The molecule has 3 aromatic heterocycles. The molecule has 7 heteroatoms. The van der Waals surface area contributed by atoms with E-state index >= 15 is 0 Å². The predicted octanol–water partition coefficient (Wildman–Crippen LogP) is 3.14. The lowest BCUT2D eigenvalue weighted by Gasteiger charge is -2.10. The lowest BCUT2D eigenvalue weighted by molar-refractivity contribution is 0.870. The second kappa shape index (κ2) is 5.38. The van der Waals surface area contributed by atoms with E-state index in [0.29, 0.717) is 11.3 Å². The van der Waals surface area contributed by atoms with Crippen LogP contribution in [-0.4, -0.2) is 13.5 Å². The third-order valence-electron chi connectivity index (χ3n) is 3.44. The van der Waals surface area contributed by atoms with Crippen LogP contribution in [0.15, 0.2) is 35.4 Å². The third kappa shape index (κ3) is 2.34. The maximum Gasteiger partial charge on any atom is 0.275 e. The lowest BCUT2D eigenvalue weighted by atomic mass is 10.1. The summed E-state index contributed by atoms with van der Waals surface area (Å²) in [4.78, 5) is 16.8. The highest BCUT2D eigenvalue weighted by molar-refractivity contribution is 14.2. The van der Waals surface area contributed by atoms with Gasteiger partial charge in [-0.15, -0.1) is 0 Å². The summed E-state index contributed by atoms with van der Waals surface area (Å²) in [7, 11) is 3.22. The van der Waals surface area contributed by atoms with Gasteiger partial charge in [0.2, 0.25) is 0 Å². The SMILES string of the molecule is Cc1ccc(N)nc1-c1cn(C)c(=O)c2c1ccn2SI. The van der Waals surface area contributed by atoms with Crippen molar-refractivity contribution in [2.45, 2.75) is 6.92 Å². The Bertz CT molecular complexity index is 900. The number of fused-ring (bicyclic) bond motifs is 1. The molecule has 0 aliphatic carbocycles. The fraction of sp³-hybridized carbons (Fsp3) is 0.143. The Morgan fingerprint density at radius 2 is 2.10 bits per heavy atom. The average Bonchev–Trinajstić information content (AvgIpc) is 2.90. The molecule has 108 valence electrons. The molecular weight excluding hydrogens is 399 g/mol. The molecule has 3 aromatic rings. The van der Waals surface area contributed by atoms with E-state index < -0.39 is 0 Å². The van der Waals surface area contributed by atoms with Crippen LogP contribution < -0.4 is 11.3 Å². The molecule has 0 atom stereocenters. The molecule has 0 unspecified atom stereocenters. The van der Waals surface area contributed by atoms with Gasteiger partial charge in [0.25, 0.3) is 5.56 Å². The van der Waals surface area contributed by atoms with Gasteiger partial charge in [-0.05, 0) is 24.6 Å². The van der Waals surface area contributed by atoms with E-state index in [0.717, 1.165) is 22.2 Å². The predicted molar refractivity (Wildman–Crippen MR) is 96.6 cm³/mol. The van der Waals surface area contributed by atoms with Gasteiger partial charge in [0.15, 0.2) is 0 Å². The summed E-state index contributed by atoms with van der Waals surface area (Å²) in [6.45, 7) is 1.99. The van der Waals surface area contributed by atoms with Crippen LogP contribution in [0.25, 0.3) is 22.2 Å². The van der Waals surface area contributed by atoms with Gasteiger partial charge < -0.3 is 10.3 Å². The quantitative estimate of drug-likeness (QED) is 0.657. The number of anilines is 1. The summed E-state index contributed by atoms with van der Waals surface area (Å²) in [6.07, 6.45) is 3.72. The maximum atomic E-state index is 12.4. The standard InChI is InChI=1S/C14H13IN4OS/c1-8-3-4-11(16)17-12(8)10-7-18(2)14(20)13-9(10)5-6-19(13)21-15/h3-7H,1-2H3,(H2,16,17). The van der Waals surface area contributed by atoms with Crippen LogP contribution in [0.5, 0.6) is 0 Å². The van der Waals surface area contributed by atoms with Gasteiger partial charge in [0.1, 0.15) is 11.3 Å². The summed E-state index contributed by atoms with van der Waals surface area (Å²) < 4.78 is 3.45. The first kappa shape index (κ1) is 14.5. The van der Waals surface area contributed by atoms with Crippen molar-refractivity contribution in [1.82, 2.24) is 13.5 Å². The number of hydrogen-bond donors (Lipinski definition) is 1. The molecule has 5 nitrogen and oxygen atoms in total. The minimum atomic E-state index is -0.0236. The largest absolute Gasteiger partial charge is 0.384 e. The van der Waals surface area contributed by atoms with Crippen LogP contribution in [-0.2, 0) is 7.05 Å². The molecule has 0 bridgehead atoms. The monoisotopic (exact) mass is 412 g/mol. The Morgan fingerprint density at radius 3 is 2.81 bits per heavy atom. The van der Waals surface area contributed by atoms with Crippen molar-refractivity contribution in [2.75, 3.05) is 5.73 Å². The second-order valence-electron chi connectivity index (χ2n) is 4.83. The Hall–Kier alpha value is -1.48. The zero-order valence-corrected chi connectivity index (χ0v) is 14.5. The highest BCUT2D eigenvalue weighted by Gasteiger charge is 2.15. The molecule has 0 aromatic carbocycles. The Kier molecular flexibility index (Phi) is 3.70. The molecule has 3 heterocycles. The summed E-state index contributed by atoms with van der Waals surface area (Å²) in [5, 5.41) is 0.892. The zero-order valence-electron chi connectivity index (χ0n) is 11.5. The minimum Gasteiger partial charge on any atom is -0.384 e. The van der Waals surface area contributed by atoms with Crippen molar-refractivity contribution in [2.24, 2.45) is 7.05 Å². The van der Waals surface area contributed by atoms with Crippen molar-refractivity contribution in [3.63, 3.8) is 0 Å². The summed E-state index contributed by atoms with van der Waals surface area (Å²) in [5.74, 6) is 0.473. The highest BCUT2D eigenvalue weighted by atomic mass is 127. The van der Waals surface area contributed by atoms with Crippen LogP contribution in [0, 0.1) is 6.92 Å². The van der Waals surface area contributed by atoms with Gasteiger partial charge in [-0.3, -0.25) is 8.77 Å². The van der Waals surface area contributed by atoms with Gasteiger partial charge in [-0.25, -0.2) is 4.98 Å². The van der Waals surface area contributed by atoms with Crippen molar-refractivity contribution in [1.29, 1.82) is 0 Å². The van der Waals surface area contributed by atoms with Crippen LogP contribution in [0.1, 0.15) is 5.56 Å². The van der Waals surface area contributed by atoms with Crippen molar-refractivity contribution >= 4 is 47.0 Å². The number of pyridine rings is 2. The molecule has 0 saturated carbocycles. The maximum absolute atomic E-state index is 12.4. The number of halogens is 1. The lowest BCUT2D eigenvalue weighted by Crippen LogP contribution is -2.18. The molecule has 0 aliphatic rings. The summed E-state index contributed by atoms with van der Waals surface area (Å²) in [6, 6.07) is 5.67. The van der Waals surface area contributed by atoms with Gasteiger partial charge in [0, 0.05) is 60.7 Å². The first-order chi connectivity index (χ1) is 10.0. The van der Waals surface area contributed by atoms with Gasteiger partial charge >= 0.3 is 0 Å². The Balaban J connectivity index is 2.44. The van der Waals surface area contributed by atoms with Gasteiger partial charge in [-0.2, -0.15) is 0 Å². The Morgan fingerprint density at radius 1 is 1.33 bits per heavy atom. The van der Waals surface area contributed by atoms with E-state index in [-0.39, 0.29) is 5.56 Å². The van der Waals surface area contributed by atoms with E-state index in [1.165, 1.54) is 9.12 Å². The number of rotatable bonds is 2.